The van der Waals surface area contributed by atoms with Gasteiger partial charge in [0.2, 0.25) is 11.8 Å². The molecule has 0 saturated carbocycles. The summed E-state index contributed by atoms with van der Waals surface area (Å²) in [5.74, 6) is 0.646. The first-order valence-electron chi connectivity index (χ1n) is 6.35. The van der Waals surface area contributed by atoms with E-state index in [1.807, 2.05) is 0 Å². The second kappa shape index (κ2) is 6.12. The number of imide groups is 1. The monoisotopic (exact) mass is 263 g/mol. The van der Waals surface area contributed by atoms with Crippen LogP contribution in [-0.4, -0.2) is 34.4 Å². The molecule has 2 rings (SSSR count). The van der Waals surface area contributed by atoms with E-state index in [9.17, 15) is 9.59 Å². The highest BCUT2D eigenvalue weighted by Gasteiger charge is 2.26. The fourth-order valence-electron chi connectivity index (χ4n) is 1.78. The maximum atomic E-state index is 11.6. The second-order valence-electron chi connectivity index (χ2n) is 4.36. The molecule has 1 atom stereocenters. The zero-order valence-corrected chi connectivity index (χ0v) is 10.8. The molecular weight excluding hydrogens is 246 g/mol. The van der Waals surface area contributed by atoms with Crippen molar-refractivity contribution in [1.82, 2.24) is 15.3 Å². The molecule has 3 N–H and O–H groups in total. The number of nitrogens with one attached hydrogen (secondary N) is 3. The summed E-state index contributed by atoms with van der Waals surface area (Å²) in [5, 5.41) is 8.41. The number of anilines is 2. The van der Waals surface area contributed by atoms with Crippen LogP contribution in [0.25, 0.3) is 0 Å². The van der Waals surface area contributed by atoms with Crippen LogP contribution in [0.3, 0.4) is 0 Å². The number of aromatic nitrogens is 2. The van der Waals surface area contributed by atoms with Crippen LogP contribution in [-0.2, 0) is 9.59 Å². The number of amides is 2. The molecule has 1 aliphatic rings. The Kier molecular flexibility index (Phi) is 4.27. The van der Waals surface area contributed by atoms with E-state index in [1.165, 1.54) is 0 Å². The molecule has 1 aromatic heterocycles. The largest absolute Gasteiger partial charge is 0.369 e. The Morgan fingerprint density at radius 2 is 2.16 bits per heavy atom. The summed E-state index contributed by atoms with van der Waals surface area (Å²) < 4.78 is 0. The van der Waals surface area contributed by atoms with Crippen LogP contribution in [0.15, 0.2) is 12.4 Å². The maximum absolute atomic E-state index is 11.6. The average molecular weight is 263 g/mol. The van der Waals surface area contributed by atoms with Gasteiger partial charge in [0.1, 0.15) is 17.7 Å². The fraction of sp³-hybridized carbons (Fsp3) is 0.500. The van der Waals surface area contributed by atoms with Crippen molar-refractivity contribution in [3.8, 4) is 0 Å². The van der Waals surface area contributed by atoms with E-state index in [4.69, 9.17) is 0 Å². The topological polar surface area (TPSA) is 96.0 Å². The minimum absolute atomic E-state index is 0.229. The Labute approximate surface area is 111 Å². The van der Waals surface area contributed by atoms with Crippen molar-refractivity contribution in [3.05, 3.63) is 12.4 Å². The highest BCUT2D eigenvalue weighted by Crippen LogP contribution is 2.12. The zero-order chi connectivity index (χ0) is 13.7. The van der Waals surface area contributed by atoms with Crippen molar-refractivity contribution < 1.29 is 9.59 Å². The number of carbonyl (C=O) groups is 2. The molecule has 7 nitrogen and oxygen atoms in total. The minimum atomic E-state index is -0.437. The number of piperidine rings is 1. The third-order valence-corrected chi connectivity index (χ3v) is 2.75. The molecule has 0 radical (unpaired) electrons. The lowest BCUT2D eigenvalue weighted by molar-refractivity contribution is -0.133. The third-order valence-electron chi connectivity index (χ3n) is 2.75. The van der Waals surface area contributed by atoms with Gasteiger partial charge in [0.15, 0.2) is 0 Å². The van der Waals surface area contributed by atoms with E-state index in [2.05, 4.69) is 32.8 Å². The molecule has 0 aliphatic carbocycles. The Balaban J connectivity index is 1.98. The molecule has 2 heterocycles. The van der Waals surface area contributed by atoms with Crippen molar-refractivity contribution in [2.75, 3.05) is 17.2 Å². The first-order chi connectivity index (χ1) is 9.19. The zero-order valence-electron chi connectivity index (χ0n) is 10.8. The smallest absolute Gasteiger partial charge is 0.249 e. The van der Waals surface area contributed by atoms with Crippen LogP contribution >= 0.6 is 0 Å². The van der Waals surface area contributed by atoms with Gasteiger partial charge in [-0.3, -0.25) is 19.9 Å². The molecule has 7 heteroatoms. The van der Waals surface area contributed by atoms with Crippen LogP contribution in [0.5, 0.6) is 0 Å². The molecule has 1 aromatic rings. The Bertz CT molecular complexity index is 477. The molecule has 102 valence electrons. The first-order valence-corrected chi connectivity index (χ1v) is 6.35. The van der Waals surface area contributed by atoms with E-state index < -0.39 is 6.04 Å². The Morgan fingerprint density at radius 3 is 2.89 bits per heavy atom. The summed E-state index contributed by atoms with van der Waals surface area (Å²) in [5.41, 5.74) is 0. The molecule has 1 aliphatic heterocycles. The summed E-state index contributed by atoms with van der Waals surface area (Å²) in [6, 6.07) is -0.437. The number of hydrogen-bond donors (Lipinski definition) is 3. The number of carbonyl (C=O) groups excluding carboxylic acids is 2. The molecular formula is C12H17N5O2. The van der Waals surface area contributed by atoms with Gasteiger partial charge in [-0.2, -0.15) is 0 Å². The van der Waals surface area contributed by atoms with Gasteiger partial charge < -0.3 is 10.6 Å². The van der Waals surface area contributed by atoms with Crippen molar-refractivity contribution >= 4 is 23.5 Å². The van der Waals surface area contributed by atoms with Crippen LogP contribution in [0.2, 0.25) is 0 Å². The van der Waals surface area contributed by atoms with Gasteiger partial charge in [-0.1, -0.05) is 6.92 Å². The highest BCUT2D eigenvalue weighted by atomic mass is 16.2. The molecule has 19 heavy (non-hydrogen) atoms. The molecule has 0 spiro atoms. The lowest BCUT2D eigenvalue weighted by atomic mass is 10.1. The van der Waals surface area contributed by atoms with Gasteiger partial charge in [-0.05, 0) is 12.8 Å². The normalized spacial score (nSPS) is 18.9. The van der Waals surface area contributed by atoms with Gasteiger partial charge in [0.05, 0.1) is 12.4 Å². The van der Waals surface area contributed by atoms with E-state index >= 15 is 0 Å². The van der Waals surface area contributed by atoms with Gasteiger partial charge in [-0.15, -0.1) is 0 Å². The number of hydrogen-bond acceptors (Lipinski definition) is 6. The summed E-state index contributed by atoms with van der Waals surface area (Å²) in [6.07, 6.45) is 4.99. The molecule has 1 saturated heterocycles. The van der Waals surface area contributed by atoms with Gasteiger partial charge >= 0.3 is 0 Å². The van der Waals surface area contributed by atoms with Crippen LogP contribution in [0, 0.1) is 0 Å². The molecule has 1 fully saturated rings. The summed E-state index contributed by atoms with van der Waals surface area (Å²) in [6.45, 7) is 2.88. The van der Waals surface area contributed by atoms with Gasteiger partial charge in [-0.25, -0.2) is 4.98 Å². The van der Waals surface area contributed by atoms with E-state index in [-0.39, 0.29) is 11.8 Å². The summed E-state index contributed by atoms with van der Waals surface area (Å²) in [4.78, 5) is 31.0. The number of nitrogens with zero attached hydrogens (tertiary/aromatic N) is 2. The number of rotatable bonds is 5. The molecule has 1 unspecified atom stereocenters. The molecule has 0 aromatic carbocycles. The average Bonchev–Trinajstić information content (AvgIpc) is 2.40. The van der Waals surface area contributed by atoms with Crippen molar-refractivity contribution in [2.24, 2.45) is 0 Å². The summed E-state index contributed by atoms with van der Waals surface area (Å²) >= 11 is 0. The SMILES string of the molecule is CCCNc1cncc(NC2CCC(=O)NC2=O)n1. The lowest BCUT2D eigenvalue weighted by Gasteiger charge is -2.22. The Hall–Kier alpha value is -2.18. The standard InChI is InChI=1S/C12H17N5O2/c1-2-5-14-9-6-13-7-10(16-9)15-8-3-4-11(18)17-12(8)19/h6-8H,2-5H2,1H3,(H2,14,15,16)(H,17,18,19). The van der Waals surface area contributed by atoms with Crippen LogP contribution in [0.4, 0.5) is 11.6 Å². The van der Waals surface area contributed by atoms with E-state index in [0.29, 0.717) is 24.5 Å². The molecule has 2 amide bonds. The minimum Gasteiger partial charge on any atom is -0.369 e. The Morgan fingerprint density at radius 1 is 1.37 bits per heavy atom. The molecule has 0 bridgehead atoms. The lowest BCUT2D eigenvalue weighted by Crippen LogP contribution is -2.47. The fourth-order valence-corrected chi connectivity index (χ4v) is 1.78. The quantitative estimate of drug-likeness (QED) is 0.670. The maximum Gasteiger partial charge on any atom is 0.249 e. The highest BCUT2D eigenvalue weighted by molar-refractivity contribution is 6.01. The predicted molar refractivity (Wildman–Crippen MR) is 70.6 cm³/mol. The van der Waals surface area contributed by atoms with Gasteiger partial charge in [0.25, 0.3) is 0 Å². The summed E-state index contributed by atoms with van der Waals surface area (Å²) in [7, 11) is 0. The van der Waals surface area contributed by atoms with E-state index in [0.717, 1.165) is 13.0 Å². The van der Waals surface area contributed by atoms with Crippen LogP contribution in [0.1, 0.15) is 26.2 Å². The van der Waals surface area contributed by atoms with Gasteiger partial charge in [0, 0.05) is 13.0 Å². The van der Waals surface area contributed by atoms with E-state index in [1.54, 1.807) is 12.4 Å². The third kappa shape index (κ3) is 3.64. The second-order valence-corrected chi connectivity index (χ2v) is 4.36. The van der Waals surface area contributed by atoms with Crippen LogP contribution < -0.4 is 16.0 Å². The first kappa shape index (κ1) is 13.3. The van der Waals surface area contributed by atoms with Crippen molar-refractivity contribution in [2.45, 2.75) is 32.2 Å². The predicted octanol–water partition coefficient (Wildman–Crippen LogP) is 0.516. The van der Waals surface area contributed by atoms with Crippen molar-refractivity contribution in [1.29, 1.82) is 0 Å². The van der Waals surface area contributed by atoms with Crippen molar-refractivity contribution in [3.63, 3.8) is 0 Å².